The quantitative estimate of drug-likeness (QED) is 0.545. The fourth-order valence-corrected chi connectivity index (χ4v) is 4.76. The summed E-state index contributed by atoms with van der Waals surface area (Å²) in [6.07, 6.45) is 1.95. The van der Waals surface area contributed by atoms with E-state index < -0.39 is 0 Å². The van der Waals surface area contributed by atoms with Gasteiger partial charge in [0.05, 0.1) is 6.04 Å². The van der Waals surface area contributed by atoms with Gasteiger partial charge in [0.1, 0.15) is 5.82 Å². The summed E-state index contributed by atoms with van der Waals surface area (Å²) in [6.45, 7) is 16.4. The zero-order valence-corrected chi connectivity index (χ0v) is 19.8. The molecule has 0 saturated carbocycles. The number of hydrogen-bond donors (Lipinski definition) is 0. The van der Waals surface area contributed by atoms with Gasteiger partial charge in [-0.15, -0.1) is 6.58 Å². The molecule has 5 heteroatoms. The Balaban J connectivity index is 1.96. The summed E-state index contributed by atoms with van der Waals surface area (Å²) in [6, 6.07) is 15.3. The van der Waals surface area contributed by atoms with Crippen molar-refractivity contribution < 1.29 is 9.18 Å². The van der Waals surface area contributed by atoms with E-state index in [1.54, 1.807) is 12.1 Å². The fourth-order valence-electron chi connectivity index (χ4n) is 4.76. The maximum absolute atomic E-state index is 14.2. The zero-order chi connectivity index (χ0) is 23.3. The van der Waals surface area contributed by atoms with E-state index in [2.05, 4.69) is 30.2 Å². The largest absolute Gasteiger partial charge is 0.339 e. The lowest BCUT2D eigenvalue weighted by atomic mass is 9.92. The molecule has 1 heterocycles. The van der Waals surface area contributed by atoms with E-state index >= 15 is 0 Å². The van der Waals surface area contributed by atoms with Crippen molar-refractivity contribution in [1.29, 1.82) is 0 Å². The molecule has 0 unspecified atom stereocenters. The molecule has 0 spiro atoms. The molecule has 1 fully saturated rings. The molecule has 172 valence electrons. The number of carbonyl (C=O) groups is 1. The number of hydrogen-bond acceptors (Lipinski definition) is 3. The number of benzene rings is 2. The molecule has 3 rings (SSSR count). The van der Waals surface area contributed by atoms with Crippen LogP contribution in [-0.2, 0) is 0 Å². The Labute approximate surface area is 192 Å². The van der Waals surface area contributed by atoms with Gasteiger partial charge >= 0.3 is 0 Å². The second-order valence-electron chi connectivity index (χ2n) is 8.69. The van der Waals surface area contributed by atoms with Gasteiger partial charge in [-0.3, -0.25) is 14.6 Å². The average molecular weight is 438 g/mol. The monoisotopic (exact) mass is 437 g/mol. The third-order valence-electron chi connectivity index (χ3n) is 6.55. The van der Waals surface area contributed by atoms with Gasteiger partial charge in [0.25, 0.3) is 5.91 Å². The van der Waals surface area contributed by atoms with Gasteiger partial charge in [0, 0.05) is 50.4 Å². The zero-order valence-electron chi connectivity index (χ0n) is 19.8. The van der Waals surface area contributed by atoms with Gasteiger partial charge in [0.2, 0.25) is 0 Å². The highest BCUT2D eigenvalue weighted by atomic mass is 19.1. The summed E-state index contributed by atoms with van der Waals surface area (Å²) in [4.78, 5) is 19.5. The number of rotatable bonds is 8. The van der Waals surface area contributed by atoms with Gasteiger partial charge in [-0.2, -0.15) is 0 Å². The van der Waals surface area contributed by atoms with E-state index in [1.165, 1.54) is 6.07 Å². The van der Waals surface area contributed by atoms with Crippen molar-refractivity contribution in [2.45, 2.75) is 45.8 Å². The van der Waals surface area contributed by atoms with E-state index in [9.17, 15) is 9.18 Å². The Morgan fingerprint density at radius 2 is 1.78 bits per heavy atom. The number of halogens is 1. The molecule has 32 heavy (non-hydrogen) atoms. The van der Waals surface area contributed by atoms with Crippen LogP contribution in [-0.4, -0.2) is 65.4 Å². The van der Waals surface area contributed by atoms with Crippen molar-refractivity contribution in [3.05, 3.63) is 83.7 Å². The Bertz CT molecular complexity index is 909. The highest BCUT2D eigenvalue weighted by Gasteiger charge is 2.34. The van der Waals surface area contributed by atoms with Gasteiger partial charge < -0.3 is 4.90 Å². The van der Waals surface area contributed by atoms with Crippen LogP contribution in [0.15, 0.2) is 61.2 Å². The molecule has 0 N–H and O–H groups in total. The second kappa shape index (κ2) is 10.9. The summed E-state index contributed by atoms with van der Waals surface area (Å²) in [5, 5.41) is 0. The first kappa shape index (κ1) is 24.1. The first-order valence-corrected chi connectivity index (χ1v) is 11.6. The number of piperazine rings is 1. The topological polar surface area (TPSA) is 26.8 Å². The lowest BCUT2D eigenvalue weighted by Gasteiger charge is -2.47. The van der Waals surface area contributed by atoms with E-state index in [1.807, 2.05) is 55.2 Å². The van der Waals surface area contributed by atoms with Crippen molar-refractivity contribution in [2.75, 3.05) is 32.7 Å². The molecule has 1 saturated heterocycles. The predicted molar refractivity (Wildman–Crippen MR) is 129 cm³/mol. The summed E-state index contributed by atoms with van der Waals surface area (Å²) < 4.78 is 14.2. The molecule has 1 aliphatic heterocycles. The molecule has 2 aromatic rings. The molecule has 1 aliphatic rings. The molecule has 0 aliphatic carbocycles. The Morgan fingerprint density at radius 3 is 2.38 bits per heavy atom. The summed E-state index contributed by atoms with van der Waals surface area (Å²) in [5.41, 5.74) is 2.69. The normalized spacial score (nSPS) is 20.7. The molecule has 0 bridgehead atoms. The van der Waals surface area contributed by atoms with Crippen molar-refractivity contribution in [3.8, 4) is 0 Å². The first-order chi connectivity index (χ1) is 15.4. The molecule has 2 aromatic carbocycles. The maximum atomic E-state index is 14.2. The summed E-state index contributed by atoms with van der Waals surface area (Å²) in [7, 11) is 0. The maximum Gasteiger partial charge on any atom is 0.253 e. The van der Waals surface area contributed by atoms with Crippen molar-refractivity contribution in [3.63, 3.8) is 0 Å². The highest BCUT2D eigenvalue weighted by Crippen LogP contribution is 2.33. The lowest BCUT2D eigenvalue weighted by molar-refractivity contribution is 0.0306. The van der Waals surface area contributed by atoms with Crippen LogP contribution in [0.3, 0.4) is 0 Å². The number of nitrogens with zero attached hydrogens (tertiary/aromatic N) is 3. The Kier molecular flexibility index (Phi) is 8.21. The summed E-state index contributed by atoms with van der Waals surface area (Å²) in [5.74, 6) is -0.185. The van der Waals surface area contributed by atoms with Gasteiger partial charge in [-0.1, -0.05) is 30.3 Å². The van der Waals surface area contributed by atoms with Gasteiger partial charge in [-0.05, 0) is 63.1 Å². The van der Waals surface area contributed by atoms with Crippen LogP contribution in [0.1, 0.15) is 55.2 Å². The van der Waals surface area contributed by atoms with E-state index in [0.717, 1.165) is 30.8 Å². The van der Waals surface area contributed by atoms with Crippen LogP contribution >= 0.6 is 0 Å². The van der Waals surface area contributed by atoms with Crippen molar-refractivity contribution in [2.24, 2.45) is 0 Å². The third-order valence-corrected chi connectivity index (χ3v) is 6.55. The lowest BCUT2D eigenvalue weighted by Crippen LogP contribution is -2.57. The average Bonchev–Trinajstić information content (AvgIpc) is 2.78. The molecule has 0 aromatic heterocycles. The standard InChI is InChI=1S/C27H36FN3O/c1-6-16-30-18-21(5)31(19-20(30)4)26(24-10-9-11-25(28)17-24)22-12-14-23(15-13-22)27(32)29(7-2)8-3/h6,9-15,17,20-21,26H,1,7-8,16,18-19H2,2-5H3/t20-,21+,26-/m0/s1. The minimum absolute atomic E-state index is 0.0453. The van der Waals surface area contributed by atoms with Crippen molar-refractivity contribution >= 4 is 5.91 Å². The fraction of sp³-hybridized carbons (Fsp3) is 0.444. The smallest absolute Gasteiger partial charge is 0.253 e. The summed E-state index contributed by atoms with van der Waals surface area (Å²) >= 11 is 0. The molecule has 4 nitrogen and oxygen atoms in total. The Morgan fingerprint density at radius 1 is 1.09 bits per heavy atom. The van der Waals surface area contributed by atoms with Crippen LogP contribution in [0.5, 0.6) is 0 Å². The third kappa shape index (κ3) is 5.28. The SMILES string of the molecule is C=CCN1C[C@@H](C)N([C@@H](c2ccc(C(=O)N(CC)CC)cc2)c2cccc(F)c2)C[C@@H]1C. The Hall–Kier alpha value is -2.50. The first-order valence-electron chi connectivity index (χ1n) is 11.6. The molecule has 3 atom stereocenters. The van der Waals surface area contributed by atoms with E-state index in [0.29, 0.717) is 24.7 Å². The van der Waals surface area contributed by atoms with E-state index in [-0.39, 0.29) is 23.8 Å². The van der Waals surface area contributed by atoms with E-state index in [4.69, 9.17) is 0 Å². The minimum atomic E-state index is -0.230. The minimum Gasteiger partial charge on any atom is -0.339 e. The molecular formula is C27H36FN3O. The van der Waals surface area contributed by atoms with Crippen LogP contribution in [0.25, 0.3) is 0 Å². The van der Waals surface area contributed by atoms with Gasteiger partial charge in [-0.25, -0.2) is 4.39 Å². The molecule has 0 radical (unpaired) electrons. The molecular weight excluding hydrogens is 401 g/mol. The van der Waals surface area contributed by atoms with Crippen LogP contribution in [0.4, 0.5) is 4.39 Å². The van der Waals surface area contributed by atoms with Crippen LogP contribution in [0.2, 0.25) is 0 Å². The highest BCUT2D eigenvalue weighted by molar-refractivity contribution is 5.94. The predicted octanol–water partition coefficient (Wildman–Crippen LogP) is 4.98. The van der Waals surface area contributed by atoms with Crippen molar-refractivity contribution in [1.82, 2.24) is 14.7 Å². The number of carbonyl (C=O) groups excluding carboxylic acids is 1. The van der Waals surface area contributed by atoms with Crippen LogP contribution in [0, 0.1) is 5.82 Å². The van der Waals surface area contributed by atoms with Crippen LogP contribution < -0.4 is 0 Å². The second-order valence-corrected chi connectivity index (χ2v) is 8.69. The molecule has 1 amide bonds. The van der Waals surface area contributed by atoms with Gasteiger partial charge in [0.15, 0.2) is 0 Å². The number of amides is 1.